The van der Waals surface area contributed by atoms with Gasteiger partial charge in [0, 0.05) is 20.1 Å². The second kappa shape index (κ2) is 10.0. The zero-order chi connectivity index (χ0) is 24.5. The summed E-state index contributed by atoms with van der Waals surface area (Å²) in [5.41, 5.74) is 0.163. The highest BCUT2D eigenvalue weighted by Gasteiger charge is 2.35. The van der Waals surface area contributed by atoms with Gasteiger partial charge < -0.3 is 4.74 Å². The molecule has 0 unspecified atom stereocenters. The zero-order valence-electron chi connectivity index (χ0n) is 18.9. The van der Waals surface area contributed by atoms with Crippen molar-refractivity contribution in [2.45, 2.75) is 49.4 Å². The number of nitrogens with zero attached hydrogens (tertiary/aromatic N) is 2. The van der Waals surface area contributed by atoms with E-state index < -0.39 is 21.8 Å². The van der Waals surface area contributed by atoms with Gasteiger partial charge in [0.15, 0.2) is 0 Å². The van der Waals surface area contributed by atoms with Crippen LogP contribution in [0.25, 0.3) is 0 Å². The minimum absolute atomic E-state index is 0.0493. The molecule has 0 aromatic heterocycles. The first-order chi connectivity index (χ1) is 16.0. The summed E-state index contributed by atoms with van der Waals surface area (Å²) in [6.45, 7) is 3.23. The van der Waals surface area contributed by atoms with E-state index in [0.29, 0.717) is 23.6 Å². The summed E-state index contributed by atoms with van der Waals surface area (Å²) in [6, 6.07) is 9.37. The lowest BCUT2D eigenvalue weighted by Gasteiger charge is -2.37. The van der Waals surface area contributed by atoms with E-state index in [1.165, 1.54) is 24.2 Å². The maximum atomic E-state index is 12.8. The van der Waals surface area contributed by atoms with Crippen LogP contribution in [0.5, 0.6) is 5.75 Å². The lowest BCUT2D eigenvalue weighted by molar-refractivity contribution is -0.137. The molecule has 1 saturated carbocycles. The third kappa shape index (κ3) is 5.70. The van der Waals surface area contributed by atoms with E-state index in [2.05, 4.69) is 4.90 Å². The van der Waals surface area contributed by atoms with Crippen LogP contribution in [0.4, 0.5) is 13.2 Å². The van der Waals surface area contributed by atoms with Crippen LogP contribution < -0.4 is 4.74 Å². The van der Waals surface area contributed by atoms with Gasteiger partial charge in [-0.15, -0.1) is 0 Å². The molecule has 0 N–H and O–H groups in total. The van der Waals surface area contributed by atoms with Crippen LogP contribution >= 0.6 is 11.6 Å². The number of ether oxygens (including phenoxy) is 1. The number of alkyl halides is 3. The lowest BCUT2D eigenvalue weighted by atomic mass is 9.82. The molecule has 2 aliphatic rings. The maximum Gasteiger partial charge on any atom is 0.416 e. The molecule has 2 aromatic carbocycles. The summed E-state index contributed by atoms with van der Waals surface area (Å²) in [6.07, 6.45) is -0.780. The molecule has 0 amide bonds. The van der Waals surface area contributed by atoms with Crippen molar-refractivity contribution in [2.75, 3.05) is 26.7 Å². The Labute approximate surface area is 203 Å². The molecule has 10 heteroatoms. The summed E-state index contributed by atoms with van der Waals surface area (Å²) in [5, 5.41) is 0.625. The van der Waals surface area contributed by atoms with Gasteiger partial charge in [-0.05, 0) is 80.6 Å². The zero-order valence-corrected chi connectivity index (χ0v) is 20.5. The highest BCUT2D eigenvalue weighted by atomic mass is 35.5. The highest BCUT2D eigenvalue weighted by molar-refractivity contribution is 7.89. The number of hydrogen-bond donors (Lipinski definition) is 0. The van der Waals surface area contributed by atoms with Crippen LogP contribution in [0.1, 0.15) is 36.8 Å². The molecule has 5 nitrogen and oxygen atoms in total. The van der Waals surface area contributed by atoms with Gasteiger partial charge in [-0.3, -0.25) is 4.90 Å². The van der Waals surface area contributed by atoms with Crippen molar-refractivity contribution in [1.82, 2.24) is 9.21 Å². The monoisotopic (exact) mass is 516 g/mol. The molecule has 186 valence electrons. The van der Waals surface area contributed by atoms with Gasteiger partial charge in [-0.25, -0.2) is 12.7 Å². The normalized spacial score (nSPS) is 21.6. The first-order valence-corrected chi connectivity index (χ1v) is 13.2. The molecule has 1 saturated heterocycles. The molecule has 0 radical (unpaired) electrons. The topological polar surface area (TPSA) is 49.9 Å². The van der Waals surface area contributed by atoms with Gasteiger partial charge in [0.05, 0.1) is 21.6 Å². The van der Waals surface area contributed by atoms with E-state index in [4.69, 9.17) is 16.3 Å². The van der Waals surface area contributed by atoms with Gasteiger partial charge in [0.2, 0.25) is 10.0 Å². The Balaban J connectivity index is 1.30. The van der Waals surface area contributed by atoms with E-state index in [0.717, 1.165) is 49.5 Å². The molecule has 34 heavy (non-hydrogen) atoms. The lowest BCUT2D eigenvalue weighted by Crippen LogP contribution is -2.41. The summed E-state index contributed by atoms with van der Waals surface area (Å²) < 4.78 is 71.0. The summed E-state index contributed by atoms with van der Waals surface area (Å²) in [5.74, 6) is 0.748. The molecule has 1 heterocycles. The average Bonchev–Trinajstić information content (AvgIpc) is 3.27. The van der Waals surface area contributed by atoms with E-state index in [1.54, 1.807) is 0 Å². The standard InChI is InChI=1S/C24H28ClF3N2O3S/c1-29(34(31,32)21-9-7-19(8-10-21)24(26,27)28)15-17-13-20(14-17)33-22-6-4-5-18(23(22)25)16-30-11-2-3-12-30/h4-10,17,20H,2-3,11-16H2,1H3. The van der Waals surface area contributed by atoms with Crippen molar-refractivity contribution >= 4 is 21.6 Å². The van der Waals surface area contributed by atoms with Crippen molar-refractivity contribution in [1.29, 1.82) is 0 Å². The third-order valence-corrected chi connectivity index (χ3v) is 8.79. The molecular formula is C24H28ClF3N2O3S. The molecule has 1 aliphatic carbocycles. The van der Waals surface area contributed by atoms with Crippen molar-refractivity contribution in [3.8, 4) is 5.75 Å². The quantitative estimate of drug-likeness (QED) is 0.469. The Morgan fingerprint density at radius 2 is 1.74 bits per heavy atom. The van der Waals surface area contributed by atoms with Crippen LogP contribution in [0, 0.1) is 5.92 Å². The van der Waals surface area contributed by atoms with Crippen molar-refractivity contribution in [2.24, 2.45) is 5.92 Å². The number of halogens is 4. The molecule has 1 aliphatic heterocycles. The molecule has 4 rings (SSSR count). The largest absolute Gasteiger partial charge is 0.489 e. The highest BCUT2D eigenvalue weighted by Crippen LogP contribution is 2.37. The SMILES string of the molecule is CN(CC1CC(Oc2cccc(CN3CCCC3)c2Cl)C1)S(=O)(=O)c1ccc(C(F)(F)F)cc1. The third-order valence-electron chi connectivity index (χ3n) is 6.53. The van der Waals surface area contributed by atoms with Gasteiger partial charge in [-0.1, -0.05) is 23.7 Å². The van der Waals surface area contributed by atoms with Gasteiger partial charge >= 0.3 is 6.18 Å². The molecule has 2 fully saturated rings. The first kappa shape index (κ1) is 25.3. The Morgan fingerprint density at radius 3 is 2.35 bits per heavy atom. The number of likely N-dealkylation sites (tertiary alicyclic amines) is 1. The number of benzene rings is 2. The molecule has 0 spiro atoms. The summed E-state index contributed by atoms with van der Waals surface area (Å²) >= 11 is 6.59. The summed E-state index contributed by atoms with van der Waals surface area (Å²) in [7, 11) is -2.43. The Bertz CT molecular complexity index is 1100. The minimum atomic E-state index is -4.51. The van der Waals surface area contributed by atoms with Crippen molar-refractivity contribution < 1.29 is 26.3 Å². The Morgan fingerprint density at radius 1 is 1.09 bits per heavy atom. The Hall–Kier alpha value is -1.81. The Kier molecular flexibility index (Phi) is 7.47. The van der Waals surface area contributed by atoms with Crippen LogP contribution in [0.15, 0.2) is 47.4 Å². The van der Waals surface area contributed by atoms with E-state index in [-0.39, 0.29) is 23.5 Å². The van der Waals surface area contributed by atoms with Gasteiger partial charge in [0.1, 0.15) is 5.75 Å². The van der Waals surface area contributed by atoms with E-state index in [1.807, 2.05) is 18.2 Å². The number of rotatable bonds is 8. The van der Waals surface area contributed by atoms with Gasteiger partial charge in [-0.2, -0.15) is 13.2 Å². The maximum absolute atomic E-state index is 12.8. The van der Waals surface area contributed by atoms with Crippen molar-refractivity contribution in [3.05, 3.63) is 58.6 Å². The molecule has 0 bridgehead atoms. The van der Waals surface area contributed by atoms with Crippen molar-refractivity contribution in [3.63, 3.8) is 0 Å². The summed E-state index contributed by atoms with van der Waals surface area (Å²) in [4.78, 5) is 2.22. The predicted octanol–water partition coefficient (Wildman–Crippen LogP) is 5.43. The van der Waals surface area contributed by atoms with Crippen LogP contribution in [0.3, 0.4) is 0 Å². The fraction of sp³-hybridized carbons (Fsp3) is 0.500. The smallest absolute Gasteiger partial charge is 0.416 e. The second-order valence-electron chi connectivity index (χ2n) is 9.10. The van der Waals surface area contributed by atoms with Gasteiger partial charge in [0.25, 0.3) is 0 Å². The predicted molar refractivity (Wildman–Crippen MR) is 124 cm³/mol. The molecular weight excluding hydrogens is 489 g/mol. The van der Waals surface area contributed by atoms with Crippen LogP contribution in [-0.4, -0.2) is 50.4 Å². The fourth-order valence-electron chi connectivity index (χ4n) is 4.51. The first-order valence-electron chi connectivity index (χ1n) is 11.3. The molecule has 2 aromatic rings. The second-order valence-corrected chi connectivity index (χ2v) is 11.5. The minimum Gasteiger partial charge on any atom is -0.489 e. The van der Waals surface area contributed by atoms with E-state index >= 15 is 0 Å². The average molecular weight is 517 g/mol. The van der Waals surface area contributed by atoms with Crippen LogP contribution in [-0.2, 0) is 22.7 Å². The van der Waals surface area contributed by atoms with Crippen LogP contribution in [0.2, 0.25) is 5.02 Å². The number of hydrogen-bond acceptors (Lipinski definition) is 4. The number of sulfonamides is 1. The fourth-order valence-corrected chi connectivity index (χ4v) is 5.99. The molecule has 0 atom stereocenters. The van der Waals surface area contributed by atoms with E-state index in [9.17, 15) is 21.6 Å².